The van der Waals surface area contributed by atoms with E-state index < -0.39 is 0 Å². The molecule has 0 saturated carbocycles. The van der Waals surface area contributed by atoms with Crippen LogP contribution in [0.4, 0.5) is 0 Å². The monoisotopic (exact) mass is 456 g/mol. The van der Waals surface area contributed by atoms with Crippen molar-refractivity contribution in [2.45, 2.75) is 92.4 Å². The summed E-state index contributed by atoms with van der Waals surface area (Å²) < 4.78 is 0. The maximum absolute atomic E-state index is 11.0. The molecule has 0 aliphatic carbocycles. The third-order valence-corrected chi connectivity index (χ3v) is 3.20. The zero-order chi connectivity index (χ0) is 20.3. The van der Waals surface area contributed by atoms with Crippen LogP contribution >= 0.6 is 0 Å². The minimum absolute atomic E-state index is 0. The second kappa shape index (κ2) is 40.2. The molecule has 1 unspecified atom stereocenters. The SMILES string of the molecule is CCCC(=O)C(CC)CO.CCCCO.CCCCO.CCCCO.[Zr]. The van der Waals surface area contributed by atoms with E-state index in [9.17, 15) is 4.79 Å². The Kier molecular flexibility index (Phi) is 57.5. The Morgan fingerprint density at radius 1 is 0.692 bits per heavy atom. The van der Waals surface area contributed by atoms with Gasteiger partial charge in [0.05, 0.1) is 6.61 Å². The van der Waals surface area contributed by atoms with Gasteiger partial charge >= 0.3 is 0 Å². The van der Waals surface area contributed by atoms with Crippen LogP contribution in [0.3, 0.4) is 0 Å². The standard InChI is InChI=1S/C8H16O2.3C4H10O.Zr/c1-3-5-8(10)7(4-2)6-9;3*1-2-3-4-5;/h7,9H,3-6H2,1-2H3;3*5H,2-4H2,1H3;. The molecule has 0 aromatic rings. The van der Waals surface area contributed by atoms with E-state index in [2.05, 4.69) is 20.8 Å². The van der Waals surface area contributed by atoms with Crippen LogP contribution in [0, 0.1) is 5.92 Å². The summed E-state index contributed by atoms with van der Waals surface area (Å²) in [5.74, 6) is 0.0902. The van der Waals surface area contributed by atoms with Crippen LogP contribution in [0.5, 0.6) is 0 Å². The van der Waals surface area contributed by atoms with Gasteiger partial charge in [-0.3, -0.25) is 4.79 Å². The summed E-state index contributed by atoms with van der Waals surface area (Å²) in [6.45, 7) is 11.1. The van der Waals surface area contributed by atoms with Crippen molar-refractivity contribution in [3.63, 3.8) is 0 Å². The Morgan fingerprint density at radius 3 is 1.15 bits per heavy atom. The van der Waals surface area contributed by atoms with E-state index in [-0.39, 0.29) is 44.5 Å². The number of carbonyl (C=O) groups is 1. The Morgan fingerprint density at radius 2 is 1.04 bits per heavy atom. The molecule has 0 amide bonds. The van der Waals surface area contributed by atoms with E-state index in [4.69, 9.17) is 20.4 Å². The zero-order valence-corrected chi connectivity index (χ0v) is 20.4. The fourth-order valence-electron chi connectivity index (χ4n) is 1.38. The first-order valence-electron chi connectivity index (χ1n) is 9.96. The number of aliphatic hydroxyl groups is 4. The molecule has 0 heterocycles. The van der Waals surface area contributed by atoms with Crippen molar-refractivity contribution in [1.29, 1.82) is 0 Å². The van der Waals surface area contributed by atoms with E-state index in [0.717, 1.165) is 51.4 Å². The molecule has 0 aromatic carbocycles. The van der Waals surface area contributed by atoms with Crippen LogP contribution in [-0.2, 0) is 31.0 Å². The maximum Gasteiger partial charge on any atom is 0.138 e. The summed E-state index contributed by atoms with van der Waals surface area (Å²) in [6, 6.07) is 0. The van der Waals surface area contributed by atoms with Crippen molar-refractivity contribution in [3.05, 3.63) is 0 Å². The molecule has 0 bridgehead atoms. The molecule has 4 N–H and O–H groups in total. The van der Waals surface area contributed by atoms with Crippen molar-refractivity contribution in [2.24, 2.45) is 5.92 Å². The van der Waals surface area contributed by atoms with E-state index in [1.54, 1.807) is 0 Å². The molecule has 0 aromatic heterocycles. The van der Waals surface area contributed by atoms with Gasteiger partial charge in [0.15, 0.2) is 0 Å². The third kappa shape index (κ3) is 44.1. The van der Waals surface area contributed by atoms with Crippen LogP contribution in [0.15, 0.2) is 0 Å². The van der Waals surface area contributed by atoms with Crippen molar-refractivity contribution in [1.82, 2.24) is 0 Å². The van der Waals surface area contributed by atoms with Crippen LogP contribution in [-0.4, -0.2) is 52.6 Å². The summed E-state index contributed by atoms with van der Waals surface area (Å²) in [5, 5.41) is 32.9. The molecule has 0 rings (SSSR count). The van der Waals surface area contributed by atoms with Crippen LogP contribution in [0.2, 0.25) is 0 Å². The van der Waals surface area contributed by atoms with Gasteiger partial charge in [0.2, 0.25) is 0 Å². The summed E-state index contributed by atoms with van der Waals surface area (Å²) in [6.07, 6.45) is 8.37. The quantitative estimate of drug-likeness (QED) is 0.379. The molecule has 0 spiro atoms. The predicted octanol–water partition coefficient (Wildman–Crippen LogP) is 3.71. The topological polar surface area (TPSA) is 98.0 Å². The molecular weight excluding hydrogens is 411 g/mol. The number of ketones is 1. The molecule has 0 fully saturated rings. The van der Waals surface area contributed by atoms with E-state index in [1.807, 2.05) is 13.8 Å². The Balaban J connectivity index is -0.0000000794. The summed E-state index contributed by atoms with van der Waals surface area (Å²) in [4.78, 5) is 11.0. The second-order valence-electron chi connectivity index (χ2n) is 5.74. The number of aliphatic hydroxyl groups excluding tert-OH is 4. The molecular formula is C20H46O5Zr. The van der Waals surface area contributed by atoms with Gasteiger partial charge in [-0.1, -0.05) is 53.9 Å². The van der Waals surface area contributed by atoms with E-state index >= 15 is 0 Å². The number of hydrogen-bond acceptors (Lipinski definition) is 5. The number of hydrogen-bond donors (Lipinski definition) is 4. The Labute approximate surface area is 181 Å². The van der Waals surface area contributed by atoms with Gasteiger partial charge in [-0.05, 0) is 32.1 Å². The van der Waals surface area contributed by atoms with Crippen LogP contribution in [0.25, 0.3) is 0 Å². The molecule has 160 valence electrons. The number of unbranched alkanes of at least 4 members (excludes halogenated alkanes) is 3. The average Bonchev–Trinajstić information content (AvgIpc) is 2.60. The predicted molar refractivity (Wildman–Crippen MR) is 107 cm³/mol. The summed E-state index contributed by atoms with van der Waals surface area (Å²) in [5.41, 5.74) is 0. The first-order chi connectivity index (χ1) is 12.0. The third-order valence-electron chi connectivity index (χ3n) is 3.20. The van der Waals surface area contributed by atoms with Crippen molar-refractivity contribution in [2.75, 3.05) is 26.4 Å². The first kappa shape index (κ1) is 37.2. The minimum atomic E-state index is -0.111. The molecule has 0 saturated heterocycles. The van der Waals surface area contributed by atoms with Gasteiger partial charge in [0.25, 0.3) is 0 Å². The van der Waals surface area contributed by atoms with E-state index in [1.165, 1.54) is 0 Å². The fourth-order valence-corrected chi connectivity index (χ4v) is 1.38. The Hall–Kier alpha value is 0.393. The molecule has 5 nitrogen and oxygen atoms in total. The normalized spacial score (nSPS) is 9.88. The van der Waals surface area contributed by atoms with E-state index in [0.29, 0.717) is 26.2 Å². The molecule has 26 heavy (non-hydrogen) atoms. The zero-order valence-electron chi connectivity index (χ0n) is 18.0. The molecule has 0 aliphatic heterocycles. The molecule has 1 atom stereocenters. The van der Waals surface area contributed by atoms with Crippen molar-refractivity contribution in [3.8, 4) is 0 Å². The number of carbonyl (C=O) groups excluding carboxylic acids is 1. The van der Waals surface area contributed by atoms with Crippen molar-refractivity contribution >= 4 is 5.78 Å². The van der Waals surface area contributed by atoms with Gasteiger partial charge in [-0.2, -0.15) is 0 Å². The maximum atomic E-state index is 11.0. The van der Waals surface area contributed by atoms with Crippen molar-refractivity contribution < 1.29 is 51.4 Å². The number of Topliss-reactive ketones (excluding diaryl/α,β-unsaturated/α-hetero) is 1. The summed E-state index contributed by atoms with van der Waals surface area (Å²) >= 11 is 0. The number of rotatable bonds is 11. The molecule has 6 heteroatoms. The van der Waals surface area contributed by atoms with Crippen LogP contribution < -0.4 is 0 Å². The molecule has 0 aliphatic rings. The van der Waals surface area contributed by atoms with Crippen LogP contribution in [0.1, 0.15) is 92.4 Å². The minimum Gasteiger partial charge on any atom is -0.396 e. The second-order valence-corrected chi connectivity index (χ2v) is 5.74. The van der Waals surface area contributed by atoms with Gasteiger partial charge in [0.1, 0.15) is 5.78 Å². The van der Waals surface area contributed by atoms with Gasteiger partial charge < -0.3 is 20.4 Å². The first-order valence-corrected chi connectivity index (χ1v) is 9.96. The average molecular weight is 458 g/mol. The fraction of sp³-hybridized carbons (Fsp3) is 0.950. The van der Waals surface area contributed by atoms with Gasteiger partial charge in [-0.15, -0.1) is 0 Å². The molecule has 0 radical (unpaired) electrons. The van der Waals surface area contributed by atoms with Gasteiger partial charge in [-0.25, -0.2) is 0 Å². The summed E-state index contributed by atoms with van der Waals surface area (Å²) in [7, 11) is 0. The largest absolute Gasteiger partial charge is 0.396 e. The Bertz CT molecular complexity index is 192. The van der Waals surface area contributed by atoms with Gasteiger partial charge in [0, 0.05) is 58.4 Å². The smallest absolute Gasteiger partial charge is 0.138 e.